The third kappa shape index (κ3) is 3.84. The van der Waals surface area contributed by atoms with Gasteiger partial charge in [-0.25, -0.2) is 26.5 Å². The van der Waals surface area contributed by atoms with Crippen LogP contribution in [-0.2, 0) is 39.4 Å². The predicted molar refractivity (Wildman–Crippen MR) is 98.2 cm³/mol. The SMILES string of the molecule is Cc1cc(S(C)(=O)=O)c(C)c(S(=O)(=O)NCc2cn3c(n2)CCCC3)c1. The summed E-state index contributed by atoms with van der Waals surface area (Å²) in [6.45, 7) is 4.17. The Balaban J connectivity index is 1.89. The quantitative estimate of drug-likeness (QED) is 0.828. The van der Waals surface area contributed by atoms with Crippen LogP contribution in [-0.4, -0.2) is 32.6 Å². The van der Waals surface area contributed by atoms with Gasteiger partial charge in [-0.05, 0) is 49.9 Å². The van der Waals surface area contributed by atoms with Crippen molar-refractivity contribution in [2.24, 2.45) is 0 Å². The largest absolute Gasteiger partial charge is 0.335 e. The van der Waals surface area contributed by atoms with E-state index >= 15 is 0 Å². The first-order chi connectivity index (χ1) is 12.1. The molecule has 7 nitrogen and oxygen atoms in total. The summed E-state index contributed by atoms with van der Waals surface area (Å²) in [6, 6.07) is 2.98. The molecule has 0 fully saturated rings. The molecule has 0 atom stereocenters. The molecule has 1 aromatic heterocycles. The lowest BCUT2D eigenvalue weighted by atomic mass is 10.2. The lowest BCUT2D eigenvalue weighted by Crippen LogP contribution is -2.25. The van der Waals surface area contributed by atoms with Gasteiger partial charge in [-0.2, -0.15) is 0 Å². The van der Waals surface area contributed by atoms with Crippen molar-refractivity contribution < 1.29 is 16.8 Å². The van der Waals surface area contributed by atoms with E-state index in [1.165, 1.54) is 19.1 Å². The van der Waals surface area contributed by atoms with E-state index in [9.17, 15) is 16.8 Å². The first kappa shape index (κ1) is 19.1. The molecule has 3 rings (SSSR count). The smallest absolute Gasteiger partial charge is 0.241 e. The van der Waals surface area contributed by atoms with E-state index in [0.717, 1.165) is 37.9 Å². The van der Waals surface area contributed by atoms with E-state index in [2.05, 4.69) is 14.3 Å². The minimum atomic E-state index is -3.86. The van der Waals surface area contributed by atoms with Gasteiger partial charge in [-0.15, -0.1) is 0 Å². The van der Waals surface area contributed by atoms with Crippen LogP contribution in [0.2, 0.25) is 0 Å². The minimum absolute atomic E-state index is 0.0121. The standard InChI is InChI=1S/C17H23N3O4S2/c1-12-8-15(25(3,21)22)13(2)16(9-12)26(23,24)18-10-14-11-20-7-5-4-6-17(20)19-14/h8-9,11,18H,4-7,10H2,1-3H3. The number of nitrogens with zero attached hydrogens (tertiary/aromatic N) is 2. The Morgan fingerprint density at radius 1 is 1.12 bits per heavy atom. The number of aromatic nitrogens is 2. The zero-order valence-corrected chi connectivity index (χ0v) is 16.7. The lowest BCUT2D eigenvalue weighted by molar-refractivity contribution is 0.522. The summed E-state index contributed by atoms with van der Waals surface area (Å²) < 4.78 is 54.0. The second-order valence-corrected chi connectivity index (χ2v) is 10.5. The Morgan fingerprint density at radius 3 is 2.46 bits per heavy atom. The van der Waals surface area contributed by atoms with Crippen LogP contribution in [0.1, 0.15) is 35.5 Å². The molecule has 0 aliphatic carbocycles. The number of imidazole rings is 1. The molecule has 2 heterocycles. The van der Waals surface area contributed by atoms with Crippen LogP contribution in [0, 0.1) is 13.8 Å². The summed E-state index contributed by atoms with van der Waals surface area (Å²) in [6.07, 6.45) is 6.06. The van der Waals surface area contributed by atoms with Gasteiger partial charge in [0.15, 0.2) is 9.84 Å². The molecular formula is C17H23N3O4S2. The normalized spacial score (nSPS) is 15.0. The molecule has 0 unspecified atom stereocenters. The number of nitrogens with one attached hydrogen (secondary N) is 1. The number of fused-ring (bicyclic) bond motifs is 1. The van der Waals surface area contributed by atoms with Gasteiger partial charge >= 0.3 is 0 Å². The fraction of sp³-hybridized carbons (Fsp3) is 0.471. The topological polar surface area (TPSA) is 98.1 Å². The van der Waals surface area contributed by atoms with Crippen LogP contribution in [0.4, 0.5) is 0 Å². The van der Waals surface area contributed by atoms with E-state index in [-0.39, 0.29) is 21.9 Å². The maximum Gasteiger partial charge on any atom is 0.241 e. The molecule has 1 N–H and O–H groups in total. The highest BCUT2D eigenvalue weighted by Gasteiger charge is 2.23. The Kier molecular flexibility index (Phi) is 4.98. The van der Waals surface area contributed by atoms with Gasteiger partial charge in [0.05, 0.1) is 22.0 Å². The molecule has 142 valence electrons. The second kappa shape index (κ2) is 6.79. The lowest BCUT2D eigenvalue weighted by Gasteiger charge is -2.13. The first-order valence-corrected chi connectivity index (χ1v) is 11.8. The molecule has 26 heavy (non-hydrogen) atoms. The molecule has 0 bridgehead atoms. The summed E-state index contributed by atoms with van der Waals surface area (Å²) in [5.74, 6) is 0.983. The van der Waals surface area contributed by atoms with E-state index < -0.39 is 19.9 Å². The Bertz CT molecular complexity index is 1030. The molecule has 9 heteroatoms. The van der Waals surface area contributed by atoms with Crippen LogP contribution in [0.25, 0.3) is 0 Å². The van der Waals surface area contributed by atoms with Gasteiger partial charge < -0.3 is 4.57 Å². The first-order valence-electron chi connectivity index (χ1n) is 8.44. The number of hydrogen-bond acceptors (Lipinski definition) is 5. The van der Waals surface area contributed by atoms with Gasteiger partial charge in [0.1, 0.15) is 5.82 Å². The van der Waals surface area contributed by atoms with Crippen molar-refractivity contribution in [2.45, 2.75) is 56.0 Å². The number of hydrogen-bond donors (Lipinski definition) is 1. The van der Waals surface area contributed by atoms with Crippen LogP contribution < -0.4 is 4.72 Å². The van der Waals surface area contributed by atoms with Crippen LogP contribution >= 0.6 is 0 Å². The average Bonchev–Trinajstić information content (AvgIpc) is 2.97. The number of aryl methyl sites for hydroxylation is 3. The number of sulfone groups is 1. The number of rotatable bonds is 5. The number of benzene rings is 1. The maximum absolute atomic E-state index is 12.8. The van der Waals surface area contributed by atoms with Crippen LogP contribution in [0.3, 0.4) is 0 Å². The fourth-order valence-corrected chi connectivity index (χ4v) is 5.74. The highest BCUT2D eigenvalue weighted by molar-refractivity contribution is 7.91. The van der Waals surface area contributed by atoms with Crippen molar-refractivity contribution in [3.8, 4) is 0 Å². The summed E-state index contributed by atoms with van der Waals surface area (Å²) in [7, 11) is -7.38. The summed E-state index contributed by atoms with van der Waals surface area (Å²) in [4.78, 5) is 4.51. The van der Waals surface area contributed by atoms with Gasteiger partial charge in [0, 0.05) is 25.4 Å². The fourth-order valence-electron chi connectivity index (χ4n) is 3.26. The molecule has 1 aliphatic rings. The van der Waals surface area contributed by atoms with E-state index in [1.807, 2.05) is 6.20 Å². The van der Waals surface area contributed by atoms with Crippen molar-refractivity contribution in [3.63, 3.8) is 0 Å². The highest BCUT2D eigenvalue weighted by atomic mass is 32.2. The molecular weight excluding hydrogens is 374 g/mol. The monoisotopic (exact) mass is 397 g/mol. The molecule has 0 amide bonds. The minimum Gasteiger partial charge on any atom is -0.335 e. The van der Waals surface area contributed by atoms with Gasteiger partial charge in [-0.1, -0.05) is 0 Å². The molecule has 2 aromatic rings. The predicted octanol–water partition coefficient (Wildman–Crippen LogP) is 1.72. The molecule has 0 radical (unpaired) electrons. The van der Waals surface area contributed by atoms with Crippen LogP contribution in [0.5, 0.6) is 0 Å². The third-order valence-electron chi connectivity index (χ3n) is 4.55. The molecule has 0 saturated heterocycles. The highest BCUT2D eigenvalue weighted by Crippen LogP contribution is 2.25. The van der Waals surface area contributed by atoms with Crippen LogP contribution in [0.15, 0.2) is 28.1 Å². The van der Waals surface area contributed by atoms with Crippen molar-refractivity contribution in [1.29, 1.82) is 0 Å². The summed E-state index contributed by atoms with van der Waals surface area (Å²) in [5.41, 5.74) is 1.47. The summed E-state index contributed by atoms with van der Waals surface area (Å²) in [5, 5.41) is 0. The Labute approximate surface area is 154 Å². The molecule has 1 aliphatic heterocycles. The van der Waals surface area contributed by atoms with E-state index in [0.29, 0.717) is 11.3 Å². The van der Waals surface area contributed by atoms with Gasteiger partial charge in [0.25, 0.3) is 0 Å². The Morgan fingerprint density at radius 2 is 1.81 bits per heavy atom. The van der Waals surface area contributed by atoms with Crippen molar-refractivity contribution in [3.05, 3.63) is 41.0 Å². The Hall–Kier alpha value is -1.71. The van der Waals surface area contributed by atoms with Gasteiger partial charge in [-0.3, -0.25) is 0 Å². The molecule has 0 saturated carbocycles. The van der Waals surface area contributed by atoms with E-state index in [4.69, 9.17) is 0 Å². The molecule has 0 spiro atoms. The summed E-state index contributed by atoms with van der Waals surface area (Å²) >= 11 is 0. The van der Waals surface area contributed by atoms with Crippen molar-refractivity contribution in [1.82, 2.24) is 14.3 Å². The zero-order chi connectivity index (χ0) is 19.1. The van der Waals surface area contributed by atoms with Gasteiger partial charge in [0.2, 0.25) is 10.0 Å². The van der Waals surface area contributed by atoms with Crippen molar-refractivity contribution >= 4 is 19.9 Å². The third-order valence-corrected chi connectivity index (χ3v) is 7.30. The molecule has 1 aromatic carbocycles. The maximum atomic E-state index is 12.8. The zero-order valence-electron chi connectivity index (χ0n) is 15.1. The second-order valence-electron chi connectivity index (χ2n) is 6.78. The van der Waals surface area contributed by atoms with Crippen molar-refractivity contribution in [2.75, 3.05) is 6.26 Å². The average molecular weight is 398 g/mol. The van der Waals surface area contributed by atoms with E-state index in [1.54, 1.807) is 6.92 Å². The number of sulfonamides is 1.